The normalized spacial score (nSPS) is 10.0. The summed E-state index contributed by atoms with van der Waals surface area (Å²) in [5.41, 5.74) is 3.55. The van der Waals surface area contributed by atoms with Gasteiger partial charge in [-0.25, -0.2) is 5.84 Å². The van der Waals surface area contributed by atoms with Gasteiger partial charge in [-0.3, -0.25) is 10.2 Å². The molecule has 0 atom stereocenters. The fourth-order valence-electron chi connectivity index (χ4n) is 1.57. The van der Waals surface area contributed by atoms with Crippen molar-refractivity contribution in [2.45, 2.75) is 6.61 Å². The maximum atomic E-state index is 11.4. The van der Waals surface area contributed by atoms with Gasteiger partial charge in [0.1, 0.15) is 12.4 Å². The lowest BCUT2D eigenvalue weighted by atomic mass is 10.1. The van der Waals surface area contributed by atoms with E-state index < -0.39 is 0 Å². The van der Waals surface area contributed by atoms with Crippen LogP contribution in [0.1, 0.15) is 15.9 Å². The molecule has 0 spiro atoms. The molecule has 0 bridgehead atoms. The summed E-state index contributed by atoms with van der Waals surface area (Å²) in [6.45, 7) is 0.426. The predicted octanol–water partition coefficient (Wildman–Crippen LogP) is 2.63. The summed E-state index contributed by atoms with van der Waals surface area (Å²) in [4.78, 5) is 11.4. The van der Waals surface area contributed by atoms with Crippen molar-refractivity contribution in [3.05, 3.63) is 64.1 Å². The van der Waals surface area contributed by atoms with E-state index in [0.717, 1.165) is 15.8 Å². The third-order valence-electron chi connectivity index (χ3n) is 2.58. The van der Waals surface area contributed by atoms with Crippen molar-refractivity contribution < 1.29 is 9.53 Å². The Bertz CT molecular complexity index is 573. The number of benzene rings is 2. The molecule has 0 aliphatic heterocycles. The molecule has 0 saturated carbocycles. The summed E-state index contributed by atoms with van der Waals surface area (Å²) in [5, 5.41) is 0. The molecule has 3 N–H and O–H groups in total. The van der Waals surface area contributed by atoms with Crippen molar-refractivity contribution in [3.8, 4) is 5.75 Å². The number of hydrogen-bond donors (Lipinski definition) is 2. The van der Waals surface area contributed by atoms with Crippen molar-refractivity contribution in [2.75, 3.05) is 0 Å². The van der Waals surface area contributed by atoms with Crippen LogP contribution in [-0.2, 0) is 6.61 Å². The van der Waals surface area contributed by atoms with Crippen LogP contribution in [-0.4, -0.2) is 5.91 Å². The van der Waals surface area contributed by atoms with Crippen LogP contribution in [0, 0.1) is 0 Å². The van der Waals surface area contributed by atoms with Gasteiger partial charge in [0.2, 0.25) is 0 Å². The minimum atomic E-state index is -0.323. The third-order valence-corrected chi connectivity index (χ3v) is 3.32. The molecule has 0 fully saturated rings. The summed E-state index contributed by atoms with van der Waals surface area (Å²) < 4.78 is 6.45. The number of nitrogens with one attached hydrogen (secondary N) is 1. The minimum absolute atomic E-state index is 0.323. The largest absolute Gasteiger partial charge is 0.489 e. The molecule has 2 aromatic carbocycles. The van der Waals surface area contributed by atoms with Gasteiger partial charge in [-0.15, -0.1) is 0 Å². The number of carbonyl (C=O) groups excluding carboxylic acids is 1. The molecule has 0 aliphatic rings. The van der Waals surface area contributed by atoms with E-state index in [0.29, 0.717) is 12.2 Å². The molecule has 0 saturated heterocycles. The molecule has 0 heterocycles. The van der Waals surface area contributed by atoms with Crippen molar-refractivity contribution in [1.82, 2.24) is 5.43 Å². The Hall–Kier alpha value is -1.85. The molecular formula is C14H13BrN2O2. The molecule has 4 nitrogen and oxygen atoms in total. The van der Waals surface area contributed by atoms with Crippen LogP contribution >= 0.6 is 15.9 Å². The number of para-hydroxylation sites is 1. The molecule has 1 amide bonds. The molecule has 0 unspecified atom stereocenters. The smallest absolute Gasteiger partial charge is 0.265 e. The fourth-order valence-corrected chi connectivity index (χ4v) is 2.06. The van der Waals surface area contributed by atoms with Gasteiger partial charge in [0, 0.05) is 15.6 Å². The van der Waals surface area contributed by atoms with Gasteiger partial charge in [0.15, 0.2) is 0 Å². The summed E-state index contributed by atoms with van der Waals surface area (Å²) in [7, 11) is 0. The highest BCUT2D eigenvalue weighted by Gasteiger charge is 2.07. The van der Waals surface area contributed by atoms with Gasteiger partial charge in [-0.05, 0) is 24.3 Å². The number of nitrogen functional groups attached to an aromatic ring is 1. The van der Waals surface area contributed by atoms with Crippen molar-refractivity contribution in [3.63, 3.8) is 0 Å². The number of halogens is 1. The lowest BCUT2D eigenvalue weighted by Gasteiger charge is -2.09. The maximum Gasteiger partial charge on any atom is 0.265 e. The monoisotopic (exact) mass is 320 g/mol. The van der Waals surface area contributed by atoms with E-state index in [1.54, 1.807) is 12.1 Å². The number of amides is 1. The second kappa shape index (κ2) is 6.36. The van der Waals surface area contributed by atoms with Gasteiger partial charge in [0.25, 0.3) is 5.91 Å². The van der Waals surface area contributed by atoms with Crippen LogP contribution in [0.2, 0.25) is 0 Å². The van der Waals surface area contributed by atoms with Crippen LogP contribution in [0.25, 0.3) is 0 Å². The molecule has 0 aliphatic carbocycles. The van der Waals surface area contributed by atoms with E-state index in [1.807, 2.05) is 36.4 Å². The van der Waals surface area contributed by atoms with Crippen LogP contribution in [0.5, 0.6) is 5.75 Å². The number of carbonyl (C=O) groups is 1. The number of rotatable bonds is 4. The Kier molecular flexibility index (Phi) is 4.54. The molecule has 5 heteroatoms. The Labute approximate surface area is 119 Å². The number of ether oxygens (including phenoxy) is 1. The highest BCUT2D eigenvalue weighted by Crippen LogP contribution is 2.21. The van der Waals surface area contributed by atoms with E-state index in [1.165, 1.54) is 0 Å². The fraction of sp³-hybridized carbons (Fsp3) is 0.0714. The number of hydrazine groups is 1. The van der Waals surface area contributed by atoms with Crippen LogP contribution < -0.4 is 16.0 Å². The van der Waals surface area contributed by atoms with Crippen molar-refractivity contribution in [1.29, 1.82) is 0 Å². The van der Waals surface area contributed by atoms with E-state index in [4.69, 9.17) is 10.6 Å². The molecule has 98 valence electrons. The molecule has 19 heavy (non-hydrogen) atoms. The van der Waals surface area contributed by atoms with Crippen molar-refractivity contribution in [2.24, 2.45) is 5.84 Å². The SMILES string of the molecule is NNC(=O)c1ccc(COc2ccccc2)c(Br)c1. The zero-order valence-electron chi connectivity index (χ0n) is 10.1. The minimum Gasteiger partial charge on any atom is -0.489 e. The first-order chi connectivity index (χ1) is 9.20. The Morgan fingerprint density at radius 2 is 1.95 bits per heavy atom. The maximum absolute atomic E-state index is 11.4. The second-order valence-electron chi connectivity index (χ2n) is 3.88. The predicted molar refractivity (Wildman–Crippen MR) is 76.6 cm³/mol. The first-order valence-electron chi connectivity index (χ1n) is 5.68. The number of nitrogens with two attached hydrogens (primary N) is 1. The molecule has 2 aromatic rings. The summed E-state index contributed by atoms with van der Waals surface area (Å²) in [5.74, 6) is 5.57. The standard InChI is InChI=1S/C14H13BrN2O2/c15-13-8-10(14(18)17-16)6-7-11(13)9-19-12-4-2-1-3-5-12/h1-8H,9,16H2,(H,17,18). The number of hydrogen-bond acceptors (Lipinski definition) is 3. The van der Waals surface area contributed by atoms with Crippen molar-refractivity contribution >= 4 is 21.8 Å². The summed E-state index contributed by atoms with van der Waals surface area (Å²) in [6, 6.07) is 14.8. The molecule has 2 rings (SSSR count). The van der Waals surface area contributed by atoms with Gasteiger partial charge in [-0.2, -0.15) is 0 Å². The van der Waals surface area contributed by atoms with Crippen LogP contribution in [0.15, 0.2) is 53.0 Å². The van der Waals surface area contributed by atoms with E-state index in [9.17, 15) is 4.79 Å². The van der Waals surface area contributed by atoms with Crippen LogP contribution in [0.3, 0.4) is 0 Å². The van der Waals surface area contributed by atoms with Gasteiger partial charge in [0.05, 0.1) is 0 Å². The average Bonchev–Trinajstić information content (AvgIpc) is 2.46. The summed E-state index contributed by atoms with van der Waals surface area (Å²) in [6.07, 6.45) is 0. The molecule has 0 radical (unpaired) electrons. The van der Waals surface area contributed by atoms with E-state index >= 15 is 0 Å². The lowest BCUT2D eigenvalue weighted by Crippen LogP contribution is -2.29. The summed E-state index contributed by atoms with van der Waals surface area (Å²) >= 11 is 3.42. The Morgan fingerprint density at radius 1 is 1.21 bits per heavy atom. The van der Waals surface area contributed by atoms with Gasteiger partial charge in [-0.1, -0.05) is 40.2 Å². The topological polar surface area (TPSA) is 64.3 Å². The highest BCUT2D eigenvalue weighted by atomic mass is 79.9. The zero-order chi connectivity index (χ0) is 13.7. The van der Waals surface area contributed by atoms with Crippen LogP contribution in [0.4, 0.5) is 0 Å². The first kappa shape index (κ1) is 13.6. The van der Waals surface area contributed by atoms with Gasteiger partial charge >= 0.3 is 0 Å². The Balaban J connectivity index is 2.07. The zero-order valence-corrected chi connectivity index (χ0v) is 11.7. The molecule has 0 aromatic heterocycles. The Morgan fingerprint density at radius 3 is 2.58 bits per heavy atom. The third kappa shape index (κ3) is 3.56. The van der Waals surface area contributed by atoms with E-state index in [2.05, 4.69) is 21.4 Å². The lowest BCUT2D eigenvalue weighted by molar-refractivity contribution is 0.0953. The van der Waals surface area contributed by atoms with Gasteiger partial charge < -0.3 is 4.74 Å². The second-order valence-corrected chi connectivity index (χ2v) is 4.74. The average molecular weight is 321 g/mol. The molecular weight excluding hydrogens is 308 g/mol. The first-order valence-corrected chi connectivity index (χ1v) is 6.47. The highest BCUT2D eigenvalue weighted by molar-refractivity contribution is 9.10. The quantitative estimate of drug-likeness (QED) is 0.517. The van der Waals surface area contributed by atoms with E-state index in [-0.39, 0.29) is 5.91 Å².